The van der Waals surface area contributed by atoms with E-state index in [0.717, 1.165) is 57.8 Å². The van der Waals surface area contributed by atoms with Crippen LogP contribution in [0.15, 0.2) is 24.3 Å². The summed E-state index contributed by atoms with van der Waals surface area (Å²) < 4.78 is 23.1. The number of aliphatic hydroxyl groups excluding tert-OH is 3. The summed E-state index contributed by atoms with van der Waals surface area (Å²) in [5.74, 6) is -0.806. The second-order valence-corrected chi connectivity index (χ2v) is 17.9. The second kappa shape index (κ2) is 29.8. The lowest BCUT2D eigenvalue weighted by atomic mass is 9.88. The number of likely N-dealkylation sites (N-methyl/N-ethyl adjacent to an activating group) is 1. The molecule has 11 nitrogen and oxygen atoms in total. The molecule has 1 amide bonds. The average Bonchev–Trinajstić information content (AvgIpc) is 3.37. The van der Waals surface area contributed by atoms with Gasteiger partial charge in [0.05, 0.1) is 52.1 Å². The highest BCUT2D eigenvalue weighted by atomic mass is 31.2. The Morgan fingerprint density at radius 1 is 0.889 bits per heavy atom. The summed E-state index contributed by atoms with van der Waals surface area (Å²) in [6, 6.07) is -0.972. The van der Waals surface area contributed by atoms with Gasteiger partial charge in [0, 0.05) is 24.7 Å². The van der Waals surface area contributed by atoms with E-state index in [1.807, 2.05) is 33.3 Å². The predicted octanol–water partition coefficient (Wildman–Crippen LogP) is 7.31. The van der Waals surface area contributed by atoms with Crippen LogP contribution in [-0.4, -0.2) is 96.7 Å². The number of rotatable bonds is 34. The molecule has 0 spiro atoms. The summed E-state index contributed by atoms with van der Waals surface area (Å²) in [7, 11) is 1.11. The third-order valence-electron chi connectivity index (χ3n) is 10.3. The lowest BCUT2D eigenvalue weighted by Crippen LogP contribution is -2.45. The van der Waals surface area contributed by atoms with Crippen LogP contribution in [0.3, 0.4) is 0 Å². The number of carbonyl (C=O) groups is 2. The van der Waals surface area contributed by atoms with Gasteiger partial charge in [-0.1, -0.05) is 134 Å². The van der Waals surface area contributed by atoms with Crippen LogP contribution in [0.25, 0.3) is 0 Å². The molecule has 1 saturated carbocycles. The van der Waals surface area contributed by atoms with Gasteiger partial charge in [0.1, 0.15) is 18.9 Å². The van der Waals surface area contributed by atoms with Crippen molar-refractivity contribution in [3.8, 4) is 0 Å². The van der Waals surface area contributed by atoms with Crippen LogP contribution in [0.4, 0.5) is 0 Å². The van der Waals surface area contributed by atoms with E-state index in [2.05, 4.69) is 19.2 Å². The SMILES string of the molecule is CCCCCCCCCCCC/C=C/[C@@H](O)[C@H](COP(=O)([O-])OCC[N+](C)(C)C)NC(=O)CCCCCC[C@H]1C(=O)C[C@@H](O)[C@@H]1/C=C/[C@@H](O)CCCCC. The third kappa shape index (κ3) is 25.7. The number of ketones is 1. The first-order valence-electron chi connectivity index (χ1n) is 21.3. The molecule has 1 rings (SSSR count). The standard InChI is InChI=1S/C42H79N2O9P/c1-6-8-10-11-12-13-14-15-16-17-18-23-27-39(46)38(34-53-54(50,51)52-32-31-44(3,4)5)43-42(49)28-24-20-19-22-26-36-37(41(48)33-40(36)47)30-29-35(45)25-21-9-7-2/h23,27,29-30,35-39,41,45-46,48H,6-22,24-26,28,31-34H2,1-5H3,(H-,43,49,50,51)/b27-23+,30-29+/t35-,36+,37+,38-,39+,41+/m0/s1. The Bertz CT molecular complexity index is 1100. The van der Waals surface area contributed by atoms with E-state index in [9.17, 15) is 34.4 Å². The molecule has 12 heteroatoms. The number of allylic oxidation sites excluding steroid dienone is 1. The van der Waals surface area contributed by atoms with Gasteiger partial charge in [-0.2, -0.15) is 0 Å². The summed E-state index contributed by atoms with van der Waals surface area (Å²) >= 11 is 0. The molecule has 0 aromatic heterocycles. The second-order valence-electron chi connectivity index (χ2n) is 16.5. The van der Waals surface area contributed by atoms with Crippen LogP contribution in [-0.2, 0) is 23.2 Å². The molecule has 0 aromatic carbocycles. The number of carbonyl (C=O) groups excluding carboxylic acids is 2. The first kappa shape index (κ1) is 50.6. The lowest BCUT2D eigenvalue weighted by Gasteiger charge is -2.29. The Balaban J connectivity index is 2.57. The van der Waals surface area contributed by atoms with E-state index in [1.54, 1.807) is 12.2 Å². The fraction of sp³-hybridized carbons (Fsp3) is 0.857. The van der Waals surface area contributed by atoms with Gasteiger partial charge in [-0.15, -0.1) is 0 Å². The molecule has 4 N–H and O–H groups in total. The summed E-state index contributed by atoms with van der Waals surface area (Å²) in [5.41, 5.74) is 0. The van der Waals surface area contributed by atoms with Crippen molar-refractivity contribution in [2.24, 2.45) is 11.8 Å². The molecule has 0 heterocycles. The number of aliphatic hydroxyl groups is 3. The Morgan fingerprint density at radius 2 is 1.48 bits per heavy atom. The minimum absolute atomic E-state index is 0.0439. The van der Waals surface area contributed by atoms with Crippen molar-refractivity contribution in [1.82, 2.24) is 5.32 Å². The Labute approximate surface area is 328 Å². The Kier molecular flexibility index (Phi) is 27.9. The van der Waals surface area contributed by atoms with E-state index in [0.29, 0.717) is 30.3 Å². The number of unbranched alkanes of at least 4 members (excludes halogenated alkanes) is 15. The molecule has 1 unspecified atom stereocenters. The van der Waals surface area contributed by atoms with Gasteiger partial charge in [0.2, 0.25) is 5.91 Å². The maximum Gasteiger partial charge on any atom is 0.268 e. The minimum Gasteiger partial charge on any atom is -0.756 e. The minimum atomic E-state index is -4.65. The van der Waals surface area contributed by atoms with Gasteiger partial charge < -0.3 is 39.1 Å². The van der Waals surface area contributed by atoms with Crippen molar-refractivity contribution >= 4 is 19.5 Å². The van der Waals surface area contributed by atoms with Crippen LogP contribution in [0.5, 0.6) is 0 Å². The first-order valence-corrected chi connectivity index (χ1v) is 22.8. The number of hydrogen-bond donors (Lipinski definition) is 4. The number of phosphoric ester groups is 1. The number of nitrogens with zero attached hydrogens (tertiary/aromatic N) is 1. The molecule has 0 radical (unpaired) electrons. The highest BCUT2D eigenvalue weighted by Gasteiger charge is 2.39. The predicted molar refractivity (Wildman–Crippen MR) is 216 cm³/mol. The summed E-state index contributed by atoms with van der Waals surface area (Å²) in [5, 5.41) is 34.5. The molecule has 316 valence electrons. The van der Waals surface area contributed by atoms with Gasteiger partial charge in [-0.3, -0.25) is 14.2 Å². The van der Waals surface area contributed by atoms with Gasteiger partial charge >= 0.3 is 0 Å². The van der Waals surface area contributed by atoms with E-state index in [-0.39, 0.29) is 43.0 Å². The van der Waals surface area contributed by atoms with Crippen molar-refractivity contribution < 1.29 is 47.9 Å². The largest absolute Gasteiger partial charge is 0.756 e. The highest BCUT2D eigenvalue weighted by Crippen LogP contribution is 2.38. The van der Waals surface area contributed by atoms with Gasteiger partial charge in [0.15, 0.2) is 0 Å². The number of Topliss-reactive ketones (excluding diaryl/α,β-unsaturated/α-hetero) is 1. The normalized spacial score (nSPS) is 20.8. The monoisotopic (exact) mass is 787 g/mol. The number of phosphoric acid groups is 1. The zero-order chi connectivity index (χ0) is 40.2. The molecule has 0 bridgehead atoms. The van der Waals surface area contributed by atoms with Crippen molar-refractivity contribution in [3.05, 3.63) is 24.3 Å². The molecule has 7 atom stereocenters. The number of quaternary nitrogens is 1. The van der Waals surface area contributed by atoms with E-state index >= 15 is 0 Å². The van der Waals surface area contributed by atoms with Gasteiger partial charge in [0.25, 0.3) is 7.82 Å². The Morgan fingerprint density at radius 3 is 2.13 bits per heavy atom. The highest BCUT2D eigenvalue weighted by molar-refractivity contribution is 7.45. The lowest BCUT2D eigenvalue weighted by molar-refractivity contribution is -0.870. The van der Waals surface area contributed by atoms with Crippen molar-refractivity contribution in [2.45, 2.75) is 179 Å². The maximum atomic E-state index is 12.9. The van der Waals surface area contributed by atoms with Crippen LogP contribution >= 0.6 is 7.82 Å². The van der Waals surface area contributed by atoms with Crippen LogP contribution in [0, 0.1) is 11.8 Å². The molecule has 1 aliphatic carbocycles. The molecule has 0 aromatic rings. The summed E-state index contributed by atoms with van der Waals surface area (Å²) in [6.07, 6.45) is 25.4. The molecule has 1 fully saturated rings. The first-order chi connectivity index (χ1) is 25.7. The maximum absolute atomic E-state index is 12.9. The molecule has 1 aliphatic rings. The summed E-state index contributed by atoms with van der Waals surface area (Å²) in [6.45, 7) is 4.31. The van der Waals surface area contributed by atoms with Crippen LogP contribution in [0.1, 0.15) is 155 Å². The number of hydrogen-bond acceptors (Lipinski definition) is 9. The molecular weight excluding hydrogens is 707 g/mol. The quantitative estimate of drug-likeness (QED) is 0.0227. The zero-order valence-electron chi connectivity index (χ0n) is 34.6. The Hall–Kier alpha value is -1.43. The van der Waals surface area contributed by atoms with Crippen LogP contribution < -0.4 is 10.2 Å². The number of nitrogens with one attached hydrogen (secondary N) is 1. The smallest absolute Gasteiger partial charge is 0.268 e. The van der Waals surface area contributed by atoms with Crippen LogP contribution in [0.2, 0.25) is 0 Å². The molecule has 54 heavy (non-hydrogen) atoms. The molecule has 0 saturated heterocycles. The average molecular weight is 787 g/mol. The van der Waals surface area contributed by atoms with Gasteiger partial charge in [-0.25, -0.2) is 0 Å². The van der Waals surface area contributed by atoms with Crippen molar-refractivity contribution in [2.75, 3.05) is 40.9 Å². The summed E-state index contributed by atoms with van der Waals surface area (Å²) in [4.78, 5) is 38.0. The number of amides is 1. The van der Waals surface area contributed by atoms with Crippen molar-refractivity contribution in [1.29, 1.82) is 0 Å². The van der Waals surface area contributed by atoms with E-state index in [4.69, 9.17) is 9.05 Å². The molecular formula is C42H79N2O9P. The van der Waals surface area contributed by atoms with Crippen molar-refractivity contribution in [3.63, 3.8) is 0 Å². The molecule has 0 aliphatic heterocycles. The topological polar surface area (TPSA) is 165 Å². The third-order valence-corrected chi connectivity index (χ3v) is 11.3. The van der Waals surface area contributed by atoms with E-state index < -0.39 is 38.8 Å². The van der Waals surface area contributed by atoms with Gasteiger partial charge in [-0.05, 0) is 32.1 Å². The van der Waals surface area contributed by atoms with E-state index in [1.165, 1.54) is 51.4 Å². The zero-order valence-corrected chi connectivity index (χ0v) is 35.5. The fourth-order valence-electron chi connectivity index (χ4n) is 6.81. The fourth-order valence-corrected chi connectivity index (χ4v) is 7.53.